The molecule has 2 fully saturated rings. The summed E-state index contributed by atoms with van der Waals surface area (Å²) in [6.07, 6.45) is 6.91. The second-order valence-corrected chi connectivity index (χ2v) is 8.46. The zero-order chi connectivity index (χ0) is 22.0. The normalized spacial score (nSPS) is 17.4. The summed E-state index contributed by atoms with van der Waals surface area (Å²) in [6, 6.07) is 12.6. The molecule has 2 heterocycles. The summed E-state index contributed by atoms with van der Waals surface area (Å²) in [5.74, 6) is 1.50. The second-order valence-electron chi connectivity index (χ2n) is 8.46. The molecule has 1 aliphatic carbocycles. The van der Waals surface area contributed by atoms with Gasteiger partial charge in [-0.15, -0.1) is 24.0 Å². The van der Waals surface area contributed by atoms with E-state index in [2.05, 4.69) is 49.8 Å². The summed E-state index contributed by atoms with van der Waals surface area (Å²) >= 11 is 0. The van der Waals surface area contributed by atoms with Crippen LogP contribution in [0.1, 0.15) is 42.4 Å². The summed E-state index contributed by atoms with van der Waals surface area (Å²) in [7, 11) is 1.80. The molecular weight excluding hydrogens is 529 g/mol. The largest absolute Gasteiger partial charge is 0.474 e. The number of pyridine rings is 1. The van der Waals surface area contributed by atoms with Gasteiger partial charge in [-0.3, -0.25) is 9.89 Å². The van der Waals surface area contributed by atoms with Gasteiger partial charge in [-0.05, 0) is 48.4 Å². The summed E-state index contributed by atoms with van der Waals surface area (Å²) < 4.78 is 11.5. The van der Waals surface area contributed by atoms with Crippen molar-refractivity contribution in [1.29, 1.82) is 0 Å². The fourth-order valence-corrected chi connectivity index (χ4v) is 4.27. The third kappa shape index (κ3) is 8.12. The number of halogens is 1. The molecule has 2 aromatic rings. The highest BCUT2D eigenvalue weighted by molar-refractivity contribution is 14.0. The molecule has 1 saturated heterocycles. The maximum atomic E-state index is 6.03. The maximum Gasteiger partial charge on any atom is 0.213 e. The Bertz CT molecular complexity index is 883. The molecule has 0 spiro atoms. The van der Waals surface area contributed by atoms with Crippen molar-refractivity contribution >= 4 is 29.9 Å². The van der Waals surface area contributed by atoms with Crippen LogP contribution >= 0.6 is 24.0 Å². The van der Waals surface area contributed by atoms with Gasteiger partial charge in [0.2, 0.25) is 5.88 Å². The van der Waals surface area contributed by atoms with Crippen molar-refractivity contribution in [1.82, 2.24) is 20.5 Å². The zero-order valence-corrected chi connectivity index (χ0v) is 21.8. The third-order valence-electron chi connectivity index (χ3n) is 6.13. The molecule has 2 aliphatic rings. The molecule has 1 aromatic carbocycles. The Morgan fingerprint density at radius 3 is 2.58 bits per heavy atom. The van der Waals surface area contributed by atoms with E-state index in [1.54, 1.807) is 7.05 Å². The van der Waals surface area contributed by atoms with Crippen molar-refractivity contribution in [2.24, 2.45) is 4.99 Å². The van der Waals surface area contributed by atoms with Crippen LogP contribution in [0, 0.1) is 0 Å². The first kappa shape index (κ1) is 25.7. The van der Waals surface area contributed by atoms with Crippen LogP contribution in [0.2, 0.25) is 0 Å². The van der Waals surface area contributed by atoms with Crippen molar-refractivity contribution < 1.29 is 9.47 Å². The Morgan fingerprint density at radius 1 is 1.09 bits per heavy atom. The smallest absolute Gasteiger partial charge is 0.213 e. The minimum atomic E-state index is 0. The van der Waals surface area contributed by atoms with E-state index in [9.17, 15) is 0 Å². The number of nitrogens with zero attached hydrogens (tertiary/aromatic N) is 3. The number of benzene rings is 1. The Balaban J connectivity index is 0.00000306. The van der Waals surface area contributed by atoms with Gasteiger partial charge in [0.25, 0.3) is 0 Å². The predicted molar refractivity (Wildman–Crippen MR) is 142 cm³/mol. The lowest BCUT2D eigenvalue weighted by Crippen LogP contribution is -2.37. The highest BCUT2D eigenvalue weighted by Gasteiger charge is 2.17. The van der Waals surface area contributed by atoms with Crippen molar-refractivity contribution in [2.45, 2.75) is 51.4 Å². The van der Waals surface area contributed by atoms with E-state index in [4.69, 9.17) is 9.47 Å². The topological polar surface area (TPSA) is 71.0 Å². The Hall–Kier alpha value is -1.91. The lowest BCUT2D eigenvalue weighted by molar-refractivity contribution is 0.0341. The van der Waals surface area contributed by atoms with Gasteiger partial charge in [0.05, 0.1) is 13.2 Å². The van der Waals surface area contributed by atoms with Gasteiger partial charge in [-0.1, -0.05) is 24.3 Å². The lowest BCUT2D eigenvalue weighted by atomic mass is 10.1. The number of guanidine groups is 1. The molecule has 0 amide bonds. The van der Waals surface area contributed by atoms with Gasteiger partial charge < -0.3 is 20.1 Å². The molecule has 1 aromatic heterocycles. The summed E-state index contributed by atoms with van der Waals surface area (Å²) in [5, 5.41) is 6.86. The van der Waals surface area contributed by atoms with E-state index in [-0.39, 0.29) is 24.0 Å². The zero-order valence-electron chi connectivity index (χ0n) is 19.5. The lowest BCUT2D eigenvalue weighted by Gasteiger charge is -2.27. The van der Waals surface area contributed by atoms with Crippen molar-refractivity contribution in [3.05, 3.63) is 59.3 Å². The molecule has 1 aliphatic heterocycles. The van der Waals surface area contributed by atoms with Gasteiger partial charge in [0.1, 0.15) is 6.10 Å². The molecule has 180 valence electrons. The molecule has 0 atom stereocenters. The Kier molecular flexibility index (Phi) is 10.7. The summed E-state index contributed by atoms with van der Waals surface area (Å²) in [4.78, 5) is 11.2. The van der Waals surface area contributed by atoms with E-state index < -0.39 is 0 Å². The van der Waals surface area contributed by atoms with Crippen LogP contribution in [0.4, 0.5) is 0 Å². The van der Waals surface area contributed by atoms with Crippen LogP contribution < -0.4 is 15.4 Å². The molecule has 0 bridgehead atoms. The quantitative estimate of drug-likeness (QED) is 0.289. The summed E-state index contributed by atoms with van der Waals surface area (Å²) in [6.45, 7) is 5.96. The average Bonchev–Trinajstić information content (AvgIpc) is 3.34. The fourth-order valence-electron chi connectivity index (χ4n) is 4.27. The van der Waals surface area contributed by atoms with Crippen molar-refractivity contribution in [2.75, 3.05) is 33.4 Å². The van der Waals surface area contributed by atoms with Crippen LogP contribution in [0.25, 0.3) is 0 Å². The minimum absolute atomic E-state index is 0. The van der Waals surface area contributed by atoms with Crippen molar-refractivity contribution in [3.63, 3.8) is 0 Å². The van der Waals surface area contributed by atoms with Gasteiger partial charge in [-0.25, -0.2) is 4.98 Å². The number of ether oxygens (including phenoxy) is 2. The number of morpholine rings is 1. The average molecular weight is 566 g/mol. The molecule has 0 radical (unpaired) electrons. The Labute approximate surface area is 214 Å². The predicted octanol–water partition coefficient (Wildman–Crippen LogP) is 3.72. The van der Waals surface area contributed by atoms with Crippen LogP contribution in [-0.2, 0) is 24.4 Å². The number of hydrogen-bond acceptors (Lipinski definition) is 5. The first-order chi connectivity index (χ1) is 15.8. The molecule has 0 unspecified atom stereocenters. The third-order valence-corrected chi connectivity index (χ3v) is 6.13. The molecule has 7 nitrogen and oxygen atoms in total. The highest BCUT2D eigenvalue weighted by Crippen LogP contribution is 2.23. The van der Waals surface area contributed by atoms with E-state index in [0.717, 1.165) is 69.6 Å². The fraction of sp³-hybridized carbons (Fsp3) is 0.520. The molecule has 8 heteroatoms. The first-order valence-electron chi connectivity index (χ1n) is 11.7. The van der Waals surface area contributed by atoms with E-state index in [1.165, 1.54) is 24.0 Å². The molecule has 1 saturated carbocycles. The van der Waals surface area contributed by atoms with Crippen LogP contribution in [0.3, 0.4) is 0 Å². The first-order valence-corrected chi connectivity index (χ1v) is 11.7. The second kappa shape index (κ2) is 13.7. The molecule has 2 N–H and O–H groups in total. The number of aromatic nitrogens is 1. The van der Waals surface area contributed by atoms with Gasteiger partial charge in [0, 0.05) is 52.0 Å². The van der Waals surface area contributed by atoms with Gasteiger partial charge >= 0.3 is 0 Å². The minimum Gasteiger partial charge on any atom is -0.474 e. The molecule has 33 heavy (non-hydrogen) atoms. The van der Waals surface area contributed by atoms with E-state index >= 15 is 0 Å². The van der Waals surface area contributed by atoms with Crippen LogP contribution in [-0.4, -0.2) is 55.3 Å². The van der Waals surface area contributed by atoms with Gasteiger partial charge in [0.15, 0.2) is 5.96 Å². The van der Waals surface area contributed by atoms with Crippen molar-refractivity contribution in [3.8, 4) is 5.88 Å². The van der Waals surface area contributed by atoms with Gasteiger partial charge in [-0.2, -0.15) is 0 Å². The SMILES string of the molecule is CN=C(NCc1ccnc(OC2CCCC2)c1)NCc1ccccc1CN1CCOCC1.I. The van der Waals surface area contributed by atoms with E-state index in [1.807, 2.05) is 18.3 Å². The maximum absolute atomic E-state index is 6.03. The number of nitrogens with one attached hydrogen (secondary N) is 2. The summed E-state index contributed by atoms with van der Waals surface area (Å²) in [5.41, 5.74) is 3.77. The monoisotopic (exact) mass is 565 g/mol. The number of rotatable bonds is 8. The van der Waals surface area contributed by atoms with Crippen LogP contribution in [0.15, 0.2) is 47.6 Å². The van der Waals surface area contributed by atoms with E-state index in [0.29, 0.717) is 12.6 Å². The number of hydrogen-bond donors (Lipinski definition) is 2. The highest BCUT2D eigenvalue weighted by atomic mass is 127. The van der Waals surface area contributed by atoms with Crippen LogP contribution in [0.5, 0.6) is 5.88 Å². The Morgan fingerprint density at radius 2 is 1.82 bits per heavy atom. The molecular formula is C25H36IN5O2. The molecule has 4 rings (SSSR count). The number of aliphatic imine (C=N–C) groups is 1. The standard InChI is InChI=1S/C25H35N5O2.HI/c1-26-25(28-17-20-10-11-27-24(16-20)32-23-8-4-5-9-23)29-18-21-6-2-3-7-22(21)19-30-12-14-31-15-13-30;/h2-3,6-7,10-11,16,23H,4-5,8-9,12-15,17-19H2,1H3,(H2,26,28,29);1H.